The quantitative estimate of drug-likeness (QED) is 0.715. The van der Waals surface area contributed by atoms with Gasteiger partial charge in [-0.05, 0) is 47.7 Å². The second-order valence-corrected chi connectivity index (χ2v) is 6.56. The summed E-state index contributed by atoms with van der Waals surface area (Å²) in [5, 5.41) is 0.106. The molecule has 1 heterocycles. The Morgan fingerprint density at radius 1 is 1.12 bits per heavy atom. The first-order valence-electron chi connectivity index (χ1n) is 7.43. The number of ether oxygens (including phenoxy) is 1. The molecule has 0 aliphatic carbocycles. The van der Waals surface area contributed by atoms with Crippen molar-refractivity contribution in [3.05, 3.63) is 69.8 Å². The molecule has 7 heteroatoms. The summed E-state index contributed by atoms with van der Waals surface area (Å²) in [5.74, 6) is -0.248. The van der Waals surface area contributed by atoms with Crippen molar-refractivity contribution in [2.75, 3.05) is 13.2 Å². The van der Waals surface area contributed by atoms with Crippen LogP contribution in [0.2, 0.25) is 5.02 Å². The molecule has 1 saturated heterocycles. The molecule has 128 valence electrons. The smallest absolute Gasteiger partial charge is 0.293 e. The van der Waals surface area contributed by atoms with E-state index in [2.05, 4.69) is 0 Å². The summed E-state index contributed by atoms with van der Waals surface area (Å²) in [4.78, 5) is 25.8. The number of carbonyl (C=O) groups excluding carboxylic acids is 2. The Bertz CT molecular complexity index is 838. The molecule has 2 aromatic rings. The van der Waals surface area contributed by atoms with Crippen LogP contribution in [0, 0.1) is 5.82 Å². The molecule has 3 rings (SSSR count). The van der Waals surface area contributed by atoms with Gasteiger partial charge in [-0.25, -0.2) is 4.39 Å². The molecule has 0 atom stereocenters. The minimum atomic E-state index is -0.387. The van der Waals surface area contributed by atoms with Crippen LogP contribution in [-0.2, 0) is 4.79 Å². The molecule has 0 radical (unpaired) electrons. The zero-order chi connectivity index (χ0) is 17.8. The molecule has 0 saturated carbocycles. The minimum Gasteiger partial charge on any atom is -0.490 e. The molecular weight excluding hydrogens is 365 g/mol. The van der Waals surface area contributed by atoms with Gasteiger partial charge in [0.05, 0.1) is 16.5 Å². The Kier molecular flexibility index (Phi) is 5.40. The highest BCUT2D eigenvalue weighted by atomic mass is 35.5. The highest BCUT2D eigenvalue weighted by molar-refractivity contribution is 8.18. The lowest BCUT2D eigenvalue weighted by Gasteiger charge is -2.13. The van der Waals surface area contributed by atoms with E-state index < -0.39 is 0 Å². The number of benzene rings is 2. The van der Waals surface area contributed by atoms with Crippen molar-refractivity contribution >= 4 is 40.6 Å². The number of nitrogens with zero attached hydrogens (tertiary/aromatic N) is 1. The van der Waals surface area contributed by atoms with Gasteiger partial charge in [0.1, 0.15) is 18.2 Å². The summed E-state index contributed by atoms with van der Waals surface area (Å²) in [6, 6.07) is 12.7. The topological polar surface area (TPSA) is 46.6 Å². The van der Waals surface area contributed by atoms with E-state index in [1.165, 1.54) is 12.1 Å². The van der Waals surface area contributed by atoms with E-state index in [4.69, 9.17) is 16.3 Å². The van der Waals surface area contributed by atoms with Crippen LogP contribution in [-0.4, -0.2) is 29.2 Å². The maximum Gasteiger partial charge on any atom is 0.293 e. The van der Waals surface area contributed by atoms with Crippen LogP contribution in [0.15, 0.2) is 53.4 Å². The van der Waals surface area contributed by atoms with Gasteiger partial charge in [0.15, 0.2) is 0 Å². The molecule has 2 aromatic carbocycles. The lowest BCUT2D eigenvalue weighted by Crippen LogP contribution is -2.32. The summed E-state index contributed by atoms with van der Waals surface area (Å²) in [7, 11) is 0. The molecular formula is C18H13ClFNO3S. The van der Waals surface area contributed by atoms with Gasteiger partial charge in [-0.3, -0.25) is 14.5 Å². The summed E-state index contributed by atoms with van der Waals surface area (Å²) >= 11 is 6.84. The third-order valence-electron chi connectivity index (χ3n) is 3.45. The van der Waals surface area contributed by atoms with Crippen molar-refractivity contribution in [3.63, 3.8) is 0 Å². The number of hydrogen-bond acceptors (Lipinski definition) is 4. The van der Waals surface area contributed by atoms with Crippen LogP contribution in [0.3, 0.4) is 0 Å². The predicted octanol–water partition coefficient (Wildman–Crippen LogP) is 4.59. The van der Waals surface area contributed by atoms with E-state index in [0.717, 1.165) is 16.7 Å². The number of rotatable bonds is 5. The van der Waals surface area contributed by atoms with Gasteiger partial charge in [0.25, 0.3) is 11.1 Å². The SMILES string of the molecule is O=C1S/C(=C\c2ccc(F)cc2)C(=O)N1CCOc1ccccc1Cl. The van der Waals surface area contributed by atoms with Gasteiger partial charge in [-0.2, -0.15) is 0 Å². The fraction of sp³-hybridized carbons (Fsp3) is 0.111. The summed E-state index contributed by atoms with van der Waals surface area (Å²) < 4.78 is 18.4. The molecule has 0 N–H and O–H groups in total. The number of halogens is 2. The molecule has 0 spiro atoms. The Balaban J connectivity index is 1.63. The first-order chi connectivity index (χ1) is 12.0. The monoisotopic (exact) mass is 377 g/mol. The number of carbonyl (C=O) groups is 2. The highest BCUT2D eigenvalue weighted by Gasteiger charge is 2.34. The standard InChI is InChI=1S/C18H13ClFNO3S/c19-14-3-1-2-4-15(14)24-10-9-21-17(22)16(25-18(21)23)11-12-5-7-13(20)8-6-12/h1-8,11H,9-10H2/b16-11-. The molecule has 2 amide bonds. The molecule has 1 aliphatic heterocycles. The normalized spacial score (nSPS) is 15.9. The van der Waals surface area contributed by atoms with Crippen LogP contribution < -0.4 is 4.74 Å². The number of imide groups is 1. The summed E-state index contributed by atoms with van der Waals surface area (Å²) in [5.41, 5.74) is 0.652. The zero-order valence-corrected chi connectivity index (χ0v) is 14.5. The van der Waals surface area contributed by atoms with Crippen molar-refractivity contribution in [1.29, 1.82) is 0 Å². The Hall–Kier alpha value is -2.31. The predicted molar refractivity (Wildman–Crippen MR) is 96.0 cm³/mol. The summed E-state index contributed by atoms with van der Waals surface area (Å²) in [6.45, 7) is 0.266. The fourth-order valence-corrected chi connectivity index (χ4v) is 3.27. The van der Waals surface area contributed by atoms with E-state index in [9.17, 15) is 14.0 Å². The van der Waals surface area contributed by atoms with E-state index >= 15 is 0 Å². The lowest BCUT2D eigenvalue weighted by atomic mass is 10.2. The second-order valence-electron chi connectivity index (χ2n) is 5.16. The van der Waals surface area contributed by atoms with E-state index in [1.54, 1.807) is 42.5 Å². The van der Waals surface area contributed by atoms with Gasteiger partial charge in [-0.1, -0.05) is 35.9 Å². The molecule has 4 nitrogen and oxygen atoms in total. The van der Waals surface area contributed by atoms with Crippen molar-refractivity contribution in [2.24, 2.45) is 0 Å². The van der Waals surface area contributed by atoms with Gasteiger partial charge in [0.2, 0.25) is 0 Å². The van der Waals surface area contributed by atoms with Crippen LogP contribution in [0.1, 0.15) is 5.56 Å². The molecule has 1 fully saturated rings. The van der Waals surface area contributed by atoms with Crippen molar-refractivity contribution in [3.8, 4) is 5.75 Å². The number of hydrogen-bond donors (Lipinski definition) is 0. The molecule has 0 unspecified atom stereocenters. The van der Waals surface area contributed by atoms with Gasteiger partial charge >= 0.3 is 0 Å². The lowest BCUT2D eigenvalue weighted by molar-refractivity contribution is -0.123. The fourth-order valence-electron chi connectivity index (χ4n) is 2.21. The van der Waals surface area contributed by atoms with E-state index in [1.807, 2.05) is 0 Å². The number of amides is 2. The van der Waals surface area contributed by atoms with E-state index in [-0.39, 0.29) is 30.1 Å². The van der Waals surface area contributed by atoms with Crippen molar-refractivity contribution < 1.29 is 18.7 Å². The van der Waals surface area contributed by atoms with Crippen molar-refractivity contribution in [1.82, 2.24) is 4.90 Å². The second kappa shape index (κ2) is 7.72. The van der Waals surface area contributed by atoms with Crippen LogP contribution >= 0.6 is 23.4 Å². The Morgan fingerprint density at radius 2 is 1.84 bits per heavy atom. The van der Waals surface area contributed by atoms with Gasteiger partial charge < -0.3 is 4.74 Å². The average Bonchev–Trinajstić information content (AvgIpc) is 2.86. The zero-order valence-electron chi connectivity index (χ0n) is 12.9. The number of thioether (sulfide) groups is 1. The Morgan fingerprint density at radius 3 is 2.56 bits per heavy atom. The Labute approximate surface area is 153 Å². The first-order valence-corrected chi connectivity index (χ1v) is 8.62. The molecule has 25 heavy (non-hydrogen) atoms. The molecule has 0 bridgehead atoms. The minimum absolute atomic E-state index is 0.122. The van der Waals surface area contributed by atoms with Crippen LogP contribution in [0.4, 0.5) is 9.18 Å². The third-order valence-corrected chi connectivity index (χ3v) is 4.67. The van der Waals surface area contributed by atoms with Crippen molar-refractivity contribution in [2.45, 2.75) is 0 Å². The van der Waals surface area contributed by atoms with Gasteiger partial charge in [0, 0.05) is 0 Å². The van der Waals surface area contributed by atoms with Crippen LogP contribution in [0.5, 0.6) is 5.75 Å². The number of para-hydroxylation sites is 1. The average molecular weight is 378 g/mol. The van der Waals surface area contributed by atoms with Crippen LogP contribution in [0.25, 0.3) is 6.08 Å². The van der Waals surface area contributed by atoms with Gasteiger partial charge in [-0.15, -0.1) is 0 Å². The molecule has 1 aliphatic rings. The maximum atomic E-state index is 12.9. The first kappa shape index (κ1) is 17.5. The van der Waals surface area contributed by atoms with E-state index in [0.29, 0.717) is 21.2 Å². The molecule has 0 aromatic heterocycles. The highest BCUT2D eigenvalue weighted by Crippen LogP contribution is 2.32. The largest absolute Gasteiger partial charge is 0.490 e. The maximum absolute atomic E-state index is 12.9. The summed E-state index contributed by atoms with van der Waals surface area (Å²) in [6.07, 6.45) is 1.57. The third kappa shape index (κ3) is 4.21.